The van der Waals surface area contributed by atoms with Crippen molar-refractivity contribution >= 4 is 23.2 Å². The Kier molecular flexibility index (Phi) is 7.42. The summed E-state index contributed by atoms with van der Waals surface area (Å²) in [5.41, 5.74) is 0.781. The quantitative estimate of drug-likeness (QED) is 0.665. The third kappa shape index (κ3) is 7.61. The second-order valence-corrected chi connectivity index (χ2v) is 4.06. The fourth-order valence-electron chi connectivity index (χ4n) is 1.14. The fourth-order valence-corrected chi connectivity index (χ4v) is 1.14. The Hall–Kier alpha value is -2.59. The average molecular weight is 359 g/mol. The highest BCUT2D eigenvalue weighted by Gasteiger charge is 2.54. The van der Waals surface area contributed by atoms with Crippen molar-refractivity contribution in [2.75, 3.05) is 12.4 Å². The molecule has 1 N–H and O–H groups in total. The van der Waals surface area contributed by atoms with Crippen LogP contribution in [0.3, 0.4) is 0 Å². The standard InChI is InChI=1S/C9H11NO2.C4F6O2/c1-7(11)10-8-3-5-9(12-2)6-4-8;5-3(6,7)1(11)2(12)4(8,9)10/h3-6H,1-2H3,(H,10,11);. The minimum Gasteiger partial charge on any atom is -0.497 e. The van der Waals surface area contributed by atoms with Crippen LogP contribution in [0.2, 0.25) is 0 Å². The number of anilines is 1. The maximum absolute atomic E-state index is 11.2. The van der Waals surface area contributed by atoms with E-state index in [4.69, 9.17) is 4.74 Å². The molecule has 0 atom stereocenters. The number of hydrogen-bond donors (Lipinski definition) is 1. The number of Topliss-reactive ketones (excluding diaryl/α,β-unsaturated/α-hetero) is 2. The van der Waals surface area contributed by atoms with Crippen molar-refractivity contribution in [1.29, 1.82) is 0 Å². The molecule has 0 spiro atoms. The van der Waals surface area contributed by atoms with E-state index in [-0.39, 0.29) is 5.91 Å². The van der Waals surface area contributed by atoms with E-state index in [0.717, 1.165) is 11.4 Å². The summed E-state index contributed by atoms with van der Waals surface area (Å²) in [6.07, 6.45) is -11.5. The predicted molar refractivity (Wildman–Crippen MR) is 69.4 cm³/mol. The molecule has 0 saturated heterocycles. The van der Waals surface area contributed by atoms with Gasteiger partial charge in [-0.1, -0.05) is 0 Å². The number of alkyl halides is 6. The van der Waals surface area contributed by atoms with Crippen molar-refractivity contribution in [3.8, 4) is 5.75 Å². The number of carbonyl (C=O) groups is 3. The fraction of sp³-hybridized carbons (Fsp3) is 0.308. The van der Waals surface area contributed by atoms with Crippen LogP contribution < -0.4 is 10.1 Å². The topological polar surface area (TPSA) is 72.5 Å². The molecule has 0 unspecified atom stereocenters. The van der Waals surface area contributed by atoms with Crippen LogP contribution in [-0.2, 0) is 14.4 Å². The Bertz CT molecular complexity index is 568. The first-order valence-corrected chi connectivity index (χ1v) is 5.93. The summed E-state index contributed by atoms with van der Waals surface area (Å²) in [7, 11) is 1.60. The lowest BCUT2D eigenvalue weighted by Crippen LogP contribution is -2.39. The smallest absolute Gasteiger partial charge is 0.458 e. The maximum atomic E-state index is 11.2. The van der Waals surface area contributed by atoms with E-state index in [2.05, 4.69) is 5.32 Å². The van der Waals surface area contributed by atoms with Gasteiger partial charge in [0.2, 0.25) is 5.91 Å². The molecule has 0 aromatic heterocycles. The molecule has 24 heavy (non-hydrogen) atoms. The van der Waals surface area contributed by atoms with Crippen LogP contribution in [0.1, 0.15) is 6.92 Å². The second kappa shape index (κ2) is 8.31. The molecule has 1 aromatic rings. The van der Waals surface area contributed by atoms with Gasteiger partial charge in [-0.2, -0.15) is 26.3 Å². The lowest BCUT2D eigenvalue weighted by Gasteiger charge is -2.05. The minimum atomic E-state index is -5.77. The zero-order chi connectivity index (χ0) is 19.1. The van der Waals surface area contributed by atoms with Crippen LogP contribution in [-0.4, -0.2) is 36.9 Å². The number of hydrogen-bond acceptors (Lipinski definition) is 4. The van der Waals surface area contributed by atoms with Crippen molar-refractivity contribution in [1.82, 2.24) is 0 Å². The van der Waals surface area contributed by atoms with Crippen molar-refractivity contribution in [3.63, 3.8) is 0 Å². The zero-order valence-corrected chi connectivity index (χ0v) is 12.2. The minimum absolute atomic E-state index is 0.0693. The normalized spacial score (nSPS) is 11.0. The van der Waals surface area contributed by atoms with E-state index < -0.39 is 23.9 Å². The SMILES string of the molecule is COc1ccc(NC(C)=O)cc1.O=C(C(=O)C(F)(F)F)C(F)(F)F. The lowest BCUT2D eigenvalue weighted by molar-refractivity contribution is -0.193. The molecule has 1 aromatic carbocycles. The summed E-state index contributed by atoms with van der Waals surface area (Å²) in [5.74, 6) is -6.10. The Morgan fingerprint density at radius 1 is 0.875 bits per heavy atom. The van der Waals surface area contributed by atoms with Gasteiger partial charge in [0.15, 0.2) is 0 Å². The Labute approximate surface area is 131 Å². The molecule has 0 bridgehead atoms. The van der Waals surface area contributed by atoms with Crippen LogP contribution in [0, 0.1) is 0 Å². The number of methoxy groups -OCH3 is 1. The van der Waals surface area contributed by atoms with Gasteiger partial charge < -0.3 is 10.1 Å². The van der Waals surface area contributed by atoms with E-state index in [1.807, 2.05) is 0 Å². The average Bonchev–Trinajstić information content (AvgIpc) is 2.44. The number of ether oxygens (including phenoxy) is 1. The summed E-state index contributed by atoms with van der Waals surface area (Å²) in [5, 5.41) is 2.66. The van der Waals surface area contributed by atoms with Crippen LogP contribution in [0.15, 0.2) is 24.3 Å². The highest BCUT2D eigenvalue weighted by atomic mass is 19.4. The largest absolute Gasteiger partial charge is 0.497 e. The summed E-state index contributed by atoms with van der Waals surface area (Å²) < 4.78 is 71.9. The second-order valence-electron chi connectivity index (χ2n) is 4.06. The van der Waals surface area contributed by atoms with Crippen molar-refractivity contribution in [2.24, 2.45) is 0 Å². The van der Waals surface area contributed by atoms with Gasteiger partial charge in [0.25, 0.3) is 0 Å². The molecule has 1 rings (SSSR count). The lowest BCUT2D eigenvalue weighted by atomic mass is 10.2. The van der Waals surface area contributed by atoms with Gasteiger partial charge in [-0.15, -0.1) is 0 Å². The van der Waals surface area contributed by atoms with Gasteiger partial charge in [0.1, 0.15) is 5.75 Å². The van der Waals surface area contributed by atoms with Crippen LogP contribution in [0.25, 0.3) is 0 Å². The van der Waals surface area contributed by atoms with Crippen LogP contribution in [0.4, 0.5) is 32.0 Å². The molecular formula is C13H11F6NO4. The summed E-state index contributed by atoms with van der Waals surface area (Å²) in [4.78, 5) is 29.9. The first-order chi connectivity index (χ1) is 10.8. The molecule has 0 radical (unpaired) electrons. The molecule has 1 amide bonds. The predicted octanol–water partition coefficient (Wildman–Crippen LogP) is 2.90. The molecule has 5 nitrogen and oxygen atoms in total. The summed E-state index contributed by atoms with van der Waals surface area (Å²) in [6, 6.07) is 7.18. The molecule has 0 fully saturated rings. The molecule has 0 saturated carbocycles. The highest BCUT2D eigenvalue weighted by molar-refractivity contribution is 6.41. The molecule has 0 aliphatic carbocycles. The van der Waals surface area contributed by atoms with E-state index >= 15 is 0 Å². The monoisotopic (exact) mass is 359 g/mol. The van der Waals surface area contributed by atoms with E-state index in [1.54, 1.807) is 31.4 Å². The van der Waals surface area contributed by atoms with E-state index in [1.165, 1.54) is 6.92 Å². The molecule has 0 heterocycles. The molecule has 134 valence electrons. The maximum Gasteiger partial charge on any atom is 0.458 e. The van der Waals surface area contributed by atoms with Gasteiger partial charge >= 0.3 is 23.9 Å². The number of benzene rings is 1. The molecule has 0 aliphatic heterocycles. The summed E-state index contributed by atoms with van der Waals surface area (Å²) >= 11 is 0. The first kappa shape index (κ1) is 21.4. The van der Waals surface area contributed by atoms with Gasteiger partial charge in [0, 0.05) is 12.6 Å². The third-order valence-corrected chi connectivity index (χ3v) is 2.13. The molecule has 0 aliphatic rings. The number of halogens is 6. The number of carbonyl (C=O) groups excluding carboxylic acids is 3. The Morgan fingerprint density at radius 3 is 1.50 bits per heavy atom. The van der Waals surface area contributed by atoms with Crippen molar-refractivity contribution < 1.29 is 45.5 Å². The highest BCUT2D eigenvalue weighted by Crippen LogP contribution is 2.24. The number of ketones is 2. The van der Waals surface area contributed by atoms with Gasteiger partial charge in [-0.3, -0.25) is 14.4 Å². The zero-order valence-electron chi connectivity index (χ0n) is 12.2. The Morgan fingerprint density at radius 2 is 1.25 bits per heavy atom. The van der Waals surface area contributed by atoms with E-state index in [9.17, 15) is 40.7 Å². The third-order valence-electron chi connectivity index (χ3n) is 2.13. The number of rotatable bonds is 3. The first-order valence-electron chi connectivity index (χ1n) is 5.93. The van der Waals surface area contributed by atoms with Gasteiger partial charge in [-0.05, 0) is 24.3 Å². The van der Waals surface area contributed by atoms with Crippen LogP contribution in [0.5, 0.6) is 5.75 Å². The molecule has 11 heteroatoms. The van der Waals surface area contributed by atoms with Gasteiger partial charge in [0.05, 0.1) is 7.11 Å². The van der Waals surface area contributed by atoms with Gasteiger partial charge in [-0.25, -0.2) is 0 Å². The molecular weight excluding hydrogens is 348 g/mol. The van der Waals surface area contributed by atoms with Crippen molar-refractivity contribution in [2.45, 2.75) is 19.3 Å². The van der Waals surface area contributed by atoms with Crippen LogP contribution >= 0.6 is 0 Å². The number of nitrogens with one attached hydrogen (secondary N) is 1. The van der Waals surface area contributed by atoms with Crippen molar-refractivity contribution in [3.05, 3.63) is 24.3 Å². The summed E-state index contributed by atoms with van der Waals surface area (Å²) in [6.45, 7) is 1.48. The Balaban J connectivity index is 0.000000441. The number of amides is 1. The van der Waals surface area contributed by atoms with E-state index in [0.29, 0.717) is 0 Å².